The van der Waals surface area contributed by atoms with Gasteiger partial charge in [-0.2, -0.15) is 9.78 Å². The van der Waals surface area contributed by atoms with E-state index in [0.29, 0.717) is 5.69 Å². The molecular weight excluding hydrogens is 317 g/mol. The summed E-state index contributed by atoms with van der Waals surface area (Å²) in [4.78, 5) is 24.1. The molecule has 2 heterocycles. The van der Waals surface area contributed by atoms with Gasteiger partial charge in [0.1, 0.15) is 17.7 Å². The Kier molecular flexibility index (Phi) is 4.07. The molecule has 0 N–H and O–H groups in total. The van der Waals surface area contributed by atoms with Gasteiger partial charge in [-0.05, 0) is 38.1 Å². The second-order valence-corrected chi connectivity index (χ2v) is 5.36. The van der Waals surface area contributed by atoms with E-state index in [0.717, 1.165) is 4.68 Å². The van der Waals surface area contributed by atoms with Gasteiger partial charge in [0, 0.05) is 0 Å². The molecule has 3 rings (SSSR count). The van der Waals surface area contributed by atoms with Gasteiger partial charge < -0.3 is 4.74 Å². The number of carbonyl (C=O) groups is 1. The molecular formula is C15H14FN5O3. The first kappa shape index (κ1) is 15.8. The summed E-state index contributed by atoms with van der Waals surface area (Å²) in [6.45, 7) is 3.09. The molecule has 0 saturated carbocycles. The van der Waals surface area contributed by atoms with Gasteiger partial charge in [0.2, 0.25) is 0 Å². The van der Waals surface area contributed by atoms with Crippen molar-refractivity contribution in [1.82, 2.24) is 24.8 Å². The van der Waals surface area contributed by atoms with E-state index in [2.05, 4.69) is 15.4 Å². The molecule has 9 heteroatoms. The molecule has 0 amide bonds. The van der Waals surface area contributed by atoms with Crippen LogP contribution in [-0.2, 0) is 16.1 Å². The molecule has 0 aliphatic carbocycles. The fourth-order valence-electron chi connectivity index (χ4n) is 2.16. The van der Waals surface area contributed by atoms with Gasteiger partial charge in [-0.15, -0.1) is 5.10 Å². The average Bonchev–Trinajstić information content (AvgIpc) is 2.95. The molecule has 124 valence electrons. The molecule has 0 aliphatic heterocycles. The van der Waals surface area contributed by atoms with Crippen LogP contribution >= 0.6 is 0 Å². The fraction of sp³-hybridized carbons (Fsp3) is 0.267. The molecule has 24 heavy (non-hydrogen) atoms. The molecule has 0 saturated heterocycles. The van der Waals surface area contributed by atoms with Crippen molar-refractivity contribution in [1.29, 1.82) is 0 Å². The molecule has 8 nitrogen and oxygen atoms in total. The average molecular weight is 331 g/mol. The Hall–Kier alpha value is -3.10. The van der Waals surface area contributed by atoms with E-state index in [-0.39, 0.29) is 29.5 Å². The molecule has 0 radical (unpaired) electrons. The highest BCUT2D eigenvalue weighted by Crippen LogP contribution is 2.13. The lowest BCUT2D eigenvalue weighted by Crippen LogP contribution is -2.29. The number of hydrogen-bond donors (Lipinski definition) is 0. The molecule has 0 unspecified atom stereocenters. The fourth-order valence-corrected chi connectivity index (χ4v) is 2.16. The summed E-state index contributed by atoms with van der Waals surface area (Å²) >= 11 is 0. The minimum atomic E-state index is -0.577. The van der Waals surface area contributed by atoms with E-state index < -0.39 is 11.5 Å². The van der Waals surface area contributed by atoms with Gasteiger partial charge in [-0.3, -0.25) is 9.59 Å². The number of esters is 1. The highest BCUT2D eigenvalue weighted by atomic mass is 19.1. The SMILES string of the molecule is CC(C)OC(=O)Cn1nnc2c(cnn2-c2ccc(F)cc2)c1=O. The zero-order chi connectivity index (χ0) is 17.3. The first-order valence-electron chi connectivity index (χ1n) is 7.22. The summed E-state index contributed by atoms with van der Waals surface area (Å²) in [5.41, 5.74) is 0.256. The maximum absolute atomic E-state index is 13.0. The minimum absolute atomic E-state index is 0.201. The smallest absolute Gasteiger partial charge is 0.328 e. The Balaban J connectivity index is 1.98. The molecule has 3 aromatic rings. The standard InChI is InChI=1S/C15H14FN5O3/c1-9(2)24-13(22)8-20-15(23)12-7-17-21(14(12)18-19-20)11-5-3-10(16)4-6-11/h3-7,9H,8H2,1-2H3. The van der Waals surface area contributed by atoms with Crippen LogP contribution in [0.15, 0.2) is 35.3 Å². The van der Waals surface area contributed by atoms with Gasteiger partial charge in [-0.25, -0.2) is 9.07 Å². The van der Waals surface area contributed by atoms with E-state index in [4.69, 9.17) is 4.74 Å². The quantitative estimate of drug-likeness (QED) is 0.664. The van der Waals surface area contributed by atoms with Crippen molar-refractivity contribution in [2.45, 2.75) is 26.5 Å². The number of hydrogen-bond acceptors (Lipinski definition) is 6. The molecule has 0 aliphatic rings. The van der Waals surface area contributed by atoms with Crippen LogP contribution in [0.4, 0.5) is 4.39 Å². The number of nitrogens with zero attached hydrogens (tertiary/aromatic N) is 5. The zero-order valence-corrected chi connectivity index (χ0v) is 13.0. The van der Waals surface area contributed by atoms with E-state index >= 15 is 0 Å². The summed E-state index contributed by atoms with van der Waals surface area (Å²) in [6, 6.07) is 5.57. The van der Waals surface area contributed by atoms with Gasteiger partial charge in [0.05, 0.1) is 18.0 Å². The highest BCUT2D eigenvalue weighted by Gasteiger charge is 2.15. The van der Waals surface area contributed by atoms with Crippen molar-refractivity contribution in [3.05, 3.63) is 46.6 Å². The monoisotopic (exact) mass is 331 g/mol. The van der Waals surface area contributed by atoms with Crippen molar-refractivity contribution in [2.75, 3.05) is 0 Å². The second kappa shape index (κ2) is 6.19. The normalized spacial score (nSPS) is 11.2. The third-order valence-corrected chi connectivity index (χ3v) is 3.17. The lowest BCUT2D eigenvalue weighted by Gasteiger charge is -2.08. The number of ether oxygens (including phenoxy) is 1. The van der Waals surface area contributed by atoms with Crippen LogP contribution in [0.1, 0.15) is 13.8 Å². The Morgan fingerprint density at radius 3 is 2.67 bits per heavy atom. The maximum atomic E-state index is 13.0. The summed E-state index contributed by atoms with van der Waals surface area (Å²) in [7, 11) is 0. The first-order chi connectivity index (χ1) is 11.5. The van der Waals surface area contributed by atoms with Crippen LogP contribution in [0, 0.1) is 5.82 Å². The lowest BCUT2D eigenvalue weighted by molar-refractivity contribution is -0.148. The van der Waals surface area contributed by atoms with Crippen LogP contribution in [0.5, 0.6) is 0 Å². The summed E-state index contributed by atoms with van der Waals surface area (Å²) in [5, 5.41) is 12.0. The number of aromatic nitrogens is 5. The highest BCUT2D eigenvalue weighted by molar-refractivity contribution is 5.75. The Bertz CT molecular complexity index is 946. The third kappa shape index (κ3) is 3.00. The summed E-state index contributed by atoms with van der Waals surface area (Å²) in [5.74, 6) is -0.959. The molecule has 1 aromatic carbocycles. The number of halogens is 1. The largest absolute Gasteiger partial charge is 0.462 e. The van der Waals surface area contributed by atoms with Crippen molar-refractivity contribution in [3.63, 3.8) is 0 Å². The Morgan fingerprint density at radius 1 is 1.29 bits per heavy atom. The van der Waals surface area contributed by atoms with Gasteiger partial charge in [0.15, 0.2) is 5.65 Å². The number of fused-ring (bicyclic) bond motifs is 1. The van der Waals surface area contributed by atoms with Crippen molar-refractivity contribution in [3.8, 4) is 5.69 Å². The second-order valence-electron chi connectivity index (χ2n) is 5.36. The topological polar surface area (TPSA) is 91.9 Å². The van der Waals surface area contributed by atoms with Gasteiger partial charge in [0.25, 0.3) is 5.56 Å². The zero-order valence-electron chi connectivity index (χ0n) is 13.0. The van der Waals surface area contributed by atoms with Gasteiger partial charge >= 0.3 is 5.97 Å². The van der Waals surface area contributed by atoms with Gasteiger partial charge in [-0.1, -0.05) is 5.21 Å². The minimum Gasteiger partial charge on any atom is -0.462 e. The van der Waals surface area contributed by atoms with Crippen molar-refractivity contribution < 1.29 is 13.9 Å². The summed E-state index contributed by atoms with van der Waals surface area (Å²) < 4.78 is 20.3. The number of carbonyl (C=O) groups excluding carboxylic acids is 1. The van der Waals surface area contributed by atoms with Crippen LogP contribution < -0.4 is 5.56 Å². The number of rotatable bonds is 4. The first-order valence-corrected chi connectivity index (χ1v) is 7.22. The van der Waals surface area contributed by atoms with Crippen LogP contribution in [0.25, 0.3) is 16.7 Å². The molecule has 0 fully saturated rings. The molecule has 2 aromatic heterocycles. The molecule has 0 bridgehead atoms. The predicted molar refractivity (Wildman–Crippen MR) is 82.1 cm³/mol. The summed E-state index contributed by atoms with van der Waals surface area (Å²) in [6.07, 6.45) is 1.05. The Labute approximate surface area is 135 Å². The lowest BCUT2D eigenvalue weighted by atomic mass is 10.3. The van der Waals surface area contributed by atoms with E-state index in [9.17, 15) is 14.0 Å². The predicted octanol–water partition coefficient (Wildman–Crippen LogP) is 1.07. The van der Waals surface area contributed by atoms with Crippen molar-refractivity contribution >= 4 is 17.0 Å². The van der Waals surface area contributed by atoms with Crippen molar-refractivity contribution in [2.24, 2.45) is 0 Å². The van der Waals surface area contributed by atoms with E-state index in [1.54, 1.807) is 13.8 Å². The van der Waals surface area contributed by atoms with Crippen LogP contribution in [0.3, 0.4) is 0 Å². The van der Waals surface area contributed by atoms with Crippen LogP contribution in [0.2, 0.25) is 0 Å². The Morgan fingerprint density at radius 2 is 2.00 bits per heavy atom. The molecule has 0 spiro atoms. The van der Waals surface area contributed by atoms with Crippen LogP contribution in [-0.4, -0.2) is 36.8 Å². The number of benzene rings is 1. The third-order valence-electron chi connectivity index (χ3n) is 3.17. The van der Waals surface area contributed by atoms with E-state index in [1.807, 2.05) is 0 Å². The maximum Gasteiger partial charge on any atom is 0.328 e. The van der Waals surface area contributed by atoms with E-state index in [1.165, 1.54) is 35.1 Å². The molecule has 0 atom stereocenters.